The van der Waals surface area contributed by atoms with Crippen LogP contribution in [0.3, 0.4) is 0 Å². The first-order chi connectivity index (χ1) is 16.4. The van der Waals surface area contributed by atoms with Gasteiger partial charge in [0, 0.05) is 36.5 Å². The van der Waals surface area contributed by atoms with Crippen molar-refractivity contribution in [1.82, 2.24) is 14.5 Å². The van der Waals surface area contributed by atoms with Crippen LogP contribution in [0.4, 0.5) is 0 Å². The minimum Gasteiger partial charge on any atom is -0.501 e. The van der Waals surface area contributed by atoms with E-state index in [1.165, 1.54) is 18.4 Å². The number of methoxy groups -OCH3 is 1. The van der Waals surface area contributed by atoms with E-state index in [4.69, 9.17) is 9.47 Å². The lowest BCUT2D eigenvalue weighted by Gasteiger charge is -2.13. The molecule has 2 saturated carbocycles. The minimum atomic E-state index is 0.0280. The molecule has 0 amide bonds. The molecule has 4 rings (SSSR count). The molecule has 2 aromatic rings. The fraction of sp³-hybridized carbons (Fsp3) is 0.464. The van der Waals surface area contributed by atoms with E-state index in [1.807, 2.05) is 32.2 Å². The molecule has 0 bridgehead atoms. The van der Waals surface area contributed by atoms with Gasteiger partial charge in [0.25, 0.3) is 5.56 Å². The van der Waals surface area contributed by atoms with Gasteiger partial charge >= 0.3 is 0 Å². The van der Waals surface area contributed by atoms with Crippen LogP contribution < -0.4 is 10.3 Å². The van der Waals surface area contributed by atoms with Crippen molar-refractivity contribution in [2.75, 3.05) is 13.7 Å². The Bertz CT molecular complexity index is 1170. The summed E-state index contributed by atoms with van der Waals surface area (Å²) in [7, 11) is 1.68. The van der Waals surface area contributed by atoms with Crippen LogP contribution in [0.5, 0.6) is 5.88 Å². The van der Waals surface area contributed by atoms with Crippen LogP contribution in [0.1, 0.15) is 45.4 Å². The van der Waals surface area contributed by atoms with E-state index in [1.54, 1.807) is 23.9 Å². The quantitative estimate of drug-likeness (QED) is 0.327. The number of ether oxygens (including phenoxy) is 2. The maximum absolute atomic E-state index is 12.3. The summed E-state index contributed by atoms with van der Waals surface area (Å²) in [6, 6.07) is 3.46. The zero-order chi connectivity index (χ0) is 24.2. The molecule has 2 aromatic heterocycles. The monoisotopic (exact) mass is 461 g/mol. The highest BCUT2D eigenvalue weighted by Crippen LogP contribution is 2.47. The molecule has 6 nitrogen and oxygen atoms in total. The summed E-state index contributed by atoms with van der Waals surface area (Å²) in [5.74, 6) is 3.58. The summed E-state index contributed by atoms with van der Waals surface area (Å²) >= 11 is 0. The zero-order valence-corrected chi connectivity index (χ0v) is 20.7. The van der Waals surface area contributed by atoms with Gasteiger partial charge in [-0.25, -0.2) is 4.98 Å². The van der Waals surface area contributed by atoms with Crippen molar-refractivity contribution in [3.63, 3.8) is 0 Å². The topological polar surface area (TPSA) is 66.2 Å². The first kappa shape index (κ1) is 24.0. The molecule has 0 spiro atoms. The Kier molecular flexibility index (Phi) is 7.35. The van der Waals surface area contributed by atoms with E-state index in [2.05, 4.69) is 29.5 Å². The molecule has 0 aromatic carbocycles. The average Bonchev–Trinajstić information content (AvgIpc) is 3.76. The summed E-state index contributed by atoms with van der Waals surface area (Å²) in [6.45, 7) is 11.6. The third-order valence-electron chi connectivity index (χ3n) is 6.73. The molecule has 2 unspecified atom stereocenters. The minimum absolute atomic E-state index is 0.0280. The Hall–Kier alpha value is -3.15. The van der Waals surface area contributed by atoms with Gasteiger partial charge in [-0.1, -0.05) is 25.2 Å². The van der Waals surface area contributed by atoms with Crippen LogP contribution in [0.25, 0.3) is 11.1 Å². The van der Waals surface area contributed by atoms with Crippen LogP contribution in [-0.4, -0.2) is 28.3 Å². The van der Waals surface area contributed by atoms with E-state index in [0.29, 0.717) is 36.1 Å². The number of hydrogen-bond acceptors (Lipinski definition) is 5. The molecule has 34 heavy (non-hydrogen) atoms. The standard InChI is InChI=1S/C28H35N3O3/c1-6-18(2)24(11-7-19(3)33-5)25-13-23(25)17-34-28-26(14-29-20(4)30-28)22-10-12-27(32)31(16-22)15-21-8-9-21/h7,10-12,14,16,21,23,25H,2,6,8-9,13,15,17H2,1,3-5H3. The second-order valence-corrected chi connectivity index (χ2v) is 9.46. The first-order valence-electron chi connectivity index (χ1n) is 12.2. The predicted octanol–water partition coefficient (Wildman–Crippen LogP) is 5.48. The molecule has 2 atom stereocenters. The van der Waals surface area contributed by atoms with E-state index in [-0.39, 0.29) is 5.56 Å². The van der Waals surface area contributed by atoms with Gasteiger partial charge in [0.1, 0.15) is 5.82 Å². The van der Waals surface area contributed by atoms with Gasteiger partial charge in [0.15, 0.2) is 0 Å². The number of nitrogens with zero attached hydrogens (tertiary/aromatic N) is 3. The van der Waals surface area contributed by atoms with Gasteiger partial charge in [0.05, 0.1) is 25.0 Å². The maximum atomic E-state index is 12.3. The highest BCUT2D eigenvalue weighted by atomic mass is 16.5. The van der Waals surface area contributed by atoms with E-state index < -0.39 is 0 Å². The Morgan fingerprint density at radius 2 is 2.09 bits per heavy atom. The number of pyridine rings is 1. The zero-order valence-electron chi connectivity index (χ0n) is 20.7. The smallest absolute Gasteiger partial charge is 0.250 e. The molecule has 2 heterocycles. The largest absolute Gasteiger partial charge is 0.501 e. The number of hydrogen-bond donors (Lipinski definition) is 0. The number of rotatable bonds is 11. The first-order valence-corrected chi connectivity index (χ1v) is 12.2. The summed E-state index contributed by atoms with van der Waals surface area (Å²) < 4.78 is 13.3. The molecule has 0 N–H and O–H groups in total. The molecular formula is C28H35N3O3. The molecule has 180 valence electrons. The Balaban J connectivity index is 1.50. The summed E-state index contributed by atoms with van der Waals surface area (Å²) in [5, 5.41) is 0. The van der Waals surface area contributed by atoms with Crippen LogP contribution >= 0.6 is 0 Å². The van der Waals surface area contributed by atoms with Gasteiger partial charge in [-0.2, -0.15) is 4.98 Å². The van der Waals surface area contributed by atoms with Crippen molar-refractivity contribution in [2.24, 2.45) is 17.8 Å². The van der Waals surface area contributed by atoms with Crippen LogP contribution in [0.2, 0.25) is 0 Å². The lowest BCUT2D eigenvalue weighted by Crippen LogP contribution is -2.19. The normalized spacial score (nSPS) is 20.2. The lowest BCUT2D eigenvalue weighted by atomic mass is 9.99. The van der Waals surface area contributed by atoms with Crippen molar-refractivity contribution in [3.05, 3.63) is 76.3 Å². The fourth-order valence-corrected chi connectivity index (χ4v) is 4.15. The molecule has 0 saturated heterocycles. The lowest BCUT2D eigenvalue weighted by molar-refractivity contribution is 0.284. The molecular weight excluding hydrogens is 426 g/mol. The van der Waals surface area contributed by atoms with Gasteiger partial charge in [-0.3, -0.25) is 4.79 Å². The highest BCUT2D eigenvalue weighted by Gasteiger charge is 2.40. The van der Waals surface area contributed by atoms with Crippen molar-refractivity contribution in [2.45, 2.75) is 53.0 Å². The maximum Gasteiger partial charge on any atom is 0.250 e. The van der Waals surface area contributed by atoms with Gasteiger partial charge in [-0.15, -0.1) is 0 Å². The summed E-state index contributed by atoms with van der Waals surface area (Å²) in [5.41, 5.74) is 4.19. The summed E-state index contributed by atoms with van der Waals surface area (Å²) in [6.07, 6.45) is 12.2. The Labute approximate surface area is 202 Å². The van der Waals surface area contributed by atoms with Gasteiger partial charge in [-0.05, 0) is 69.1 Å². The van der Waals surface area contributed by atoms with Crippen LogP contribution in [-0.2, 0) is 11.3 Å². The highest BCUT2D eigenvalue weighted by molar-refractivity contribution is 5.66. The van der Waals surface area contributed by atoms with Crippen molar-refractivity contribution in [3.8, 4) is 17.0 Å². The summed E-state index contributed by atoms with van der Waals surface area (Å²) in [4.78, 5) is 21.3. The molecule has 6 heteroatoms. The third-order valence-corrected chi connectivity index (χ3v) is 6.73. The molecule has 2 aliphatic carbocycles. The van der Waals surface area contributed by atoms with E-state index >= 15 is 0 Å². The number of aryl methyl sites for hydroxylation is 1. The van der Waals surface area contributed by atoms with Crippen molar-refractivity contribution >= 4 is 0 Å². The predicted molar refractivity (Wildman–Crippen MR) is 135 cm³/mol. The van der Waals surface area contributed by atoms with Crippen LogP contribution in [0.15, 0.2) is 65.0 Å². The van der Waals surface area contributed by atoms with E-state index in [0.717, 1.165) is 41.8 Å². The third kappa shape index (κ3) is 5.85. The second-order valence-electron chi connectivity index (χ2n) is 9.46. The second kappa shape index (κ2) is 10.4. The molecule has 2 aliphatic rings. The van der Waals surface area contributed by atoms with Gasteiger partial charge < -0.3 is 14.0 Å². The average molecular weight is 462 g/mol. The van der Waals surface area contributed by atoms with Crippen molar-refractivity contribution in [1.29, 1.82) is 0 Å². The SMILES string of the molecule is C=C(CC)C(=CC=C(C)OC)C1CC1COc1nc(C)ncc1-c1ccc(=O)n(CC2CC2)c1. The van der Waals surface area contributed by atoms with Gasteiger partial charge in [0.2, 0.25) is 5.88 Å². The van der Waals surface area contributed by atoms with Crippen molar-refractivity contribution < 1.29 is 9.47 Å². The fourth-order valence-electron chi connectivity index (χ4n) is 4.15. The number of aromatic nitrogens is 3. The van der Waals surface area contributed by atoms with E-state index in [9.17, 15) is 4.79 Å². The molecule has 0 radical (unpaired) electrons. The number of allylic oxidation sites excluding steroid dienone is 5. The molecule has 2 fully saturated rings. The Morgan fingerprint density at radius 1 is 1.29 bits per heavy atom. The molecule has 0 aliphatic heterocycles. The Morgan fingerprint density at radius 3 is 2.79 bits per heavy atom. The van der Waals surface area contributed by atoms with Crippen LogP contribution in [0, 0.1) is 24.7 Å².